The molecule has 1 fully saturated rings. The molecule has 3 heteroatoms. The topological polar surface area (TPSA) is 24.1 Å². The molecule has 1 aliphatic rings. The van der Waals surface area contributed by atoms with Crippen LogP contribution in [-0.2, 0) is 0 Å². The van der Waals surface area contributed by atoms with E-state index in [1.54, 1.807) is 0 Å². The van der Waals surface area contributed by atoms with Crippen LogP contribution in [0.2, 0.25) is 0 Å². The second-order valence-electron chi connectivity index (χ2n) is 5.86. The summed E-state index contributed by atoms with van der Waals surface area (Å²) in [5.41, 5.74) is 0. The van der Waals surface area contributed by atoms with Gasteiger partial charge in [-0.05, 0) is 31.5 Å². The Balaban J connectivity index is 2.27. The van der Waals surface area contributed by atoms with Crippen molar-refractivity contribution in [3.05, 3.63) is 0 Å². The molecular formula is C16H32N2S. The van der Waals surface area contributed by atoms with Gasteiger partial charge in [-0.3, -0.25) is 0 Å². The summed E-state index contributed by atoms with van der Waals surface area (Å²) in [5.74, 6) is 0. The smallest absolute Gasteiger partial charge is 0.166 e. The average molecular weight is 285 g/mol. The molecule has 0 saturated heterocycles. The molecule has 0 aromatic rings. The van der Waals surface area contributed by atoms with Gasteiger partial charge >= 0.3 is 0 Å². The maximum atomic E-state index is 5.37. The zero-order chi connectivity index (χ0) is 13.8. The van der Waals surface area contributed by atoms with Gasteiger partial charge in [0.2, 0.25) is 0 Å². The van der Waals surface area contributed by atoms with Crippen molar-refractivity contribution in [3.8, 4) is 0 Å². The Morgan fingerprint density at radius 3 is 1.84 bits per heavy atom. The Hall–Kier alpha value is -0.310. The summed E-state index contributed by atoms with van der Waals surface area (Å²) in [6.07, 6.45) is 16.4. The Bertz CT molecular complexity index is 219. The van der Waals surface area contributed by atoms with Gasteiger partial charge in [0.05, 0.1) is 0 Å². The molecule has 112 valence electrons. The van der Waals surface area contributed by atoms with E-state index in [0.717, 1.165) is 18.1 Å². The summed E-state index contributed by atoms with van der Waals surface area (Å²) in [4.78, 5) is 0. The molecule has 0 atom stereocenters. The van der Waals surface area contributed by atoms with Crippen LogP contribution in [0.15, 0.2) is 0 Å². The SMILES string of the molecule is CCCNC(=S)NC1CCCCCCCCCCC1. The number of hydrogen-bond donors (Lipinski definition) is 2. The fourth-order valence-corrected chi connectivity index (χ4v) is 3.05. The maximum Gasteiger partial charge on any atom is 0.166 e. The highest BCUT2D eigenvalue weighted by Gasteiger charge is 2.10. The predicted octanol–water partition coefficient (Wildman–Crippen LogP) is 4.53. The molecular weight excluding hydrogens is 252 g/mol. The lowest BCUT2D eigenvalue weighted by molar-refractivity contribution is 0.441. The minimum absolute atomic E-state index is 0.594. The van der Waals surface area contributed by atoms with Crippen LogP contribution in [-0.4, -0.2) is 17.7 Å². The summed E-state index contributed by atoms with van der Waals surface area (Å²) in [6.45, 7) is 3.16. The second-order valence-corrected chi connectivity index (χ2v) is 6.26. The van der Waals surface area contributed by atoms with Crippen molar-refractivity contribution in [3.63, 3.8) is 0 Å². The van der Waals surface area contributed by atoms with Crippen molar-refractivity contribution in [1.82, 2.24) is 10.6 Å². The second kappa shape index (κ2) is 11.5. The van der Waals surface area contributed by atoms with E-state index in [1.165, 1.54) is 70.6 Å². The van der Waals surface area contributed by atoms with E-state index in [-0.39, 0.29) is 0 Å². The van der Waals surface area contributed by atoms with Gasteiger partial charge < -0.3 is 10.6 Å². The minimum Gasteiger partial charge on any atom is -0.363 e. The van der Waals surface area contributed by atoms with Crippen LogP contribution in [0.3, 0.4) is 0 Å². The van der Waals surface area contributed by atoms with Crippen molar-refractivity contribution >= 4 is 17.3 Å². The molecule has 0 aliphatic heterocycles. The summed E-state index contributed by atoms with van der Waals surface area (Å²) in [5, 5.41) is 7.67. The van der Waals surface area contributed by atoms with Gasteiger partial charge in [-0.1, -0.05) is 64.7 Å². The van der Waals surface area contributed by atoms with Crippen molar-refractivity contribution in [1.29, 1.82) is 0 Å². The van der Waals surface area contributed by atoms with E-state index in [4.69, 9.17) is 12.2 Å². The lowest BCUT2D eigenvalue weighted by Crippen LogP contribution is -2.42. The molecule has 1 aliphatic carbocycles. The first-order chi connectivity index (χ1) is 9.33. The molecule has 0 amide bonds. The molecule has 0 unspecified atom stereocenters. The van der Waals surface area contributed by atoms with Gasteiger partial charge in [-0.2, -0.15) is 0 Å². The van der Waals surface area contributed by atoms with Gasteiger partial charge in [0, 0.05) is 12.6 Å². The molecule has 0 radical (unpaired) electrons. The van der Waals surface area contributed by atoms with Crippen LogP contribution < -0.4 is 10.6 Å². The Morgan fingerprint density at radius 2 is 1.37 bits per heavy atom. The highest BCUT2D eigenvalue weighted by Crippen LogP contribution is 2.16. The fraction of sp³-hybridized carbons (Fsp3) is 0.938. The van der Waals surface area contributed by atoms with E-state index in [9.17, 15) is 0 Å². The third-order valence-corrected chi connectivity index (χ3v) is 4.24. The first-order valence-corrected chi connectivity index (χ1v) is 8.78. The molecule has 19 heavy (non-hydrogen) atoms. The van der Waals surface area contributed by atoms with Gasteiger partial charge in [-0.15, -0.1) is 0 Å². The molecule has 1 rings (SSSR count). The minimum atomic E-state index is 0.594. The predicted molar refractivity (Wildman–Crippen MR) is 88.6 cm³/mol. The van der Waals surface area contributed by atoms with E-state index in [0.29, 0.717) is 6.04 Å². The zero-order valence-electron chi connectivity index (χ0n) is 12.7. The molecule has 1 saturated carbocycles. The quantitative estimate of drug-likeness (QED) is 0.744. The summed E-state index contributed by atoms with van der Waals surface area (Å²) < 4.78 is 0. The molecule has 2 nitrogen and oxygen atoms in total. The lowest BCUT2D eigenvalue weighted by Gasteiger charge is -2.21. The third-order valence-electron chi connectivity index (χ3n) is 3.98. The van der Waals surface area contributed by atoms with Crippen molar-refractivity contribution in [2.45, 2.75) is 90.0 Å². The number of nitrogens with one attached hydrogen (secondary N) is 2. The zero-order valence-corrected chi connectivity index (χ0v) is 13.5. The molecule has 2 N–H and O–H groups in total. The average Bonchev–Trinajstić information content (AvgIpc) is 2.39. The highest BCUT2D eigenvalue weighted by molar-refractivity contribution is 7.80. The van der Waals surface area contributed by atoms with E-state index in [1.807, 2.05) is 0 Å². The van der Waals surface area contributed by atoms with Crippen molar-refractivity contribution in [2.24, 2.45) is 0 Å². The molecule has 0 bridgehead atoms. The number of thiocarbonyl (C=S) groups is 1. The lowest BCUT2D eigenvalue weighted by atomic mass is 9.98. The van der Waals surface area contributed by atoms with Crippen molar-refractivity contribution in [2.75, 3.05) is 6.54 Å². The van der Waals surface area contributed by atoms with Gasteiger partial charge in [0.1, 0.15) is 0 Å². The van der Waals surface area contributed by atoms with Crippen LogP contribution in [0.5, 0.6) is 0 Å². The summed E-state index contributed by atoms with van der Waals surface area (Å²) >= 11 is 5.37. The first kappa shape index (κ1) is 16.7. The monoisotopic (exact) mass is 284 g/mol. The van der Waals surface area contributed by atoms with Crippen LogP contribution in [0.1, 0.15) is 84.0 Å². The van der Waals surface area contributed by atoms with Gasteiger partial charge in [0.15, 0.2) is 5.11 Å². The van der Waals surface area contributed by atoms with E-state index >= 15 is 0 Å². The van der Waals surface area contributed by atoms with Gasteiger partial charge in [0.25, 0.3) is 0 Å². The number of hydrogen-bond acceptors (Lipinski definition) is 1. The van der Waals surface area contributed by atoms with Crippen LogP contribution in [0, 0.1) is 0 Å². The van der Waals surface area contributed by atoms with Gasteiger partial charge in [-0.25, -0.2) is 0 Å². The Kier molecular flexibility index (Phi) is 10.1. The number of rotatable bonds is 3. The third kappa shape index (κ3) is 9.26. The molecule has 0 heterocycles. The van der Waals surface area contributed by atoms with Crippen LogP contribution in [0.4, 0.5) is 0 Å². The summed E-state index contributed by atoms with van der Waals surface area (Å²) in [7, 11) is 0. The molecule has 0 aromatic carbocycles. The van der Waals surface area contributed by atoms with E-state index in [2.05, 4.69) is 17.6 Å². The van der Waals surface area contributed by atoms with Crippen molar-refractivity contribution < 1.29 is 0 Å². The first-order valence-electron chi connectivity index (χ1n) is 8.37. The standard InChI is InChI=1S/C16H32N2S/c1-2-14-17-16(19)18-15-12-10-8-6-4-3-5-7-9-11-13-15/h15H,2-14H2,1H3,(H2,17,18,19). The van der Waals surface area contributed by atoms with Crippen LogP contribution >= 0.6 is 12.2 Å². The van der Waals surface area contributed by atoms with E-state index < -0.39 is 0 Å². The maximum absolute atomic E-state index is 5.37. The normalized spacial score (nSPS) is 20.1. The fourth-order valence-electron chi connectivity index (χ4n) is 2.78. The largest absolute Gasteiger partial charge is 0.363 e. The molecule has 0 aromatic heterocycles. The Labute approximate surface area is 125 Å². The highest BCUT2D eigenvalue weighted by atomic mass is 32.1. The Morgan fingerprint density at radius 1 is 0.895 bits per heavy atom. The summed E-state index contributed by atoms with van der Waals surface area (Å²) in [6, 6.07) is 0.594. The van der Waals surface area contributed by atoms with Crippen LogP contribution in [0.25, 0.3) is 0 Å². The molecule has 0 spiro atoms.